The molecule has 8 rings (SSSR count). The quantitative estimate of drug-likeness (QED) is 0.625. The Labute approximate surface area is 161 Å². The van der Waals surface area contributed by atoms with Crippen LogP contribution in [0, 0.1) is 53.3 Å². The maximum absolute atomic E-state index is 2.87. The first kappa shape index (κ1) is 17.4. The van der Waals surface area contributed by atoms with Gasteiger partial charge in [0.05, 0.1) is 0 Å². The molecule has 8 fully saturated rings. The van der Waals surface area contributed by atoms with Gasteiger partial charge in [0, 0.05) is 6.04 Å². The third kappa shape index (κ3) is 2.82. The predicted octanol–water partition coefficient (Wildman–Crippen LogP) is 5.63. The monoisotopic (exact) mass is 363 g/mol. The van der Waals surface area contributed by atoms with Gasteiger partial charge in [-0.05, 0) is 137 Å². The lowest BCUT2D eigenvalue weighted by molar-refractivity contribution is -0.0695. The zero-order valence-electron chi connectivity index (χ0n) is 16.1. The lowest BCUT2D eigenvalue weighted by Crippen LogP contribution is -2.55. The highest BCUT2D eigenvalue weighted by Crippen LogP contribution is 2.58. The summed E-state index contributed by atoms with van der Waals surface area (Å²) in [6.45, 7) is 1.42. The lowest BCUT2D eigenvalue weighted by atomic mass is 9.51. The summed E-state index contributed by atoms with van der Waals surface area (Å²) in [6, 6.07) is 0.967. The molecule has 0 saturated heterocycles. The fraction of sp³-hybridized carbons (Fsp3) is 1.00. The normalized spacial score (nSPS) is 55.0. The molecule has 8 bridgehead atoms. The molecule has 0 aromatic heterocycles. The van der Waals surface area contributed by atoms with Gasteiger partial charge in [0.15, 0.2) is 0 Å². The highest BCUT2D eigenvalue weighted by molar-refractivity contribution is 5.85. The minimum Gasteiger partial charge on any atom is -0.303 e. The summed E-state index contributed by atoms with van der Waals surface area (Å²) in [4.78, 5) is 2.87. The van der Waals surface area contributed by atoms with Crippen LogP contribution in [0.25, 0.3) is 0 Å². The van der Waals surface area contributed by atoms with E-state index in [2.05, 4.69) is 11.9 Å². The first-order valence-corrected chi connectivity index (χ1v) is 11.4. The van der Waals surface area contributed by atoms with Crippen molar-refractivity contribution in [3.8, 4) is 0 Å². The average molecular weight is 364 g/mol. The average Bonchev–Trinajstić information content (AvgIpc) is 2.52. The molecule has 0 amide bonds. The molecule has 25 heavy (non-hydrogen) atoms. The molecule has 0 aliphatic heterocycles. The van der Waals surface area contributed by atoms with Crippen LogP contribution in [0.2, 0.25) is 0 Å². The minimum absolute atomic E-state index is 0. The Hall–Kier alpha value is 0.250. The van der Waals surface area contributed by atoms with Gasteiger partial charge in [-0.2, -0.15) is 0 Å². The summed E-state index contributed by atoms with van der Waals surface area (Å²) < 4.78 is 0. The van der Waals surface area contributed by atoms with Gasteiger partial charge in [0.2, 0.25) is 0 Å². The standard InChI is InChI=1S/C23H37N.ClH/c1-24(23-20-10-16-5-17(12-20)13-21(23)11-16)3-2-22-18-6-14-4-15(8-18)9-19(22)7-14;/h14-23H,2-13H2,1H3;1H. The first-order valence-electron chi connectivity index (χ1n) is 11.4. The molecule has 142 valence electrons. The van der Waals surface area contributed by atoms with Crippen molar-refractivity contribution >= 4 is 12.4 Å². The second-order valence-corrected chi connectivity index (χ2v) is 11.3. The summed E-state index contributed by atoms with van der Waals surface area (Å²) in [5.41, 5.74) is 0. The Morgan fingerprint density at radius 3 is 1.44 bits per heavy atom. The highest BCUT2D eigenvalue weighted by Gasteiger charge is 2.50. The number of hydrogen-bond acceptors (Lipinski definition) is 1. The first-order chi connectivity index (χ1) is 11.7. The van der Waals surface area contributed by atoms with Crippen LogP contribution >= 0.6 is 12.4 Å². The van der Waals surface area contributed by atoms with Crippen molar-refractivity contribution < 1.29 is 0 Å². The van der Waals surface area contributed by atoms with Gasteiger partial charge in [0.25, 0.3) is 0 Å². The molecule has 0 N–H and O–H groups in total. The van der Waals surface area contributed by atoms with E-state index in [9.17, 15) is 0 Å². The summed E-state index contributed by atoms with van der Waals surface area (Å²) >= 11 is 0. The lowest BCUT2D eigenvalue weighted by Gasteiger charge is -2.57. The van der Waals surface area contributed by atoms with E-state index in [1.165, 1.54) is 13.0 Å². The Kier molecular flexibility index (Phi) is 4.44. The van der Waals surface area contributed by atoms with Crippen LogP contribution in [0.4, 0.5) is 0 Å². The molecule has 8 saturated carbocycles. The van der Waals surface area contributed by atoms with Crippen LogP contribution in [0.3, 0.4) is 0 Å². The van der Waals surface area contributed by atoms with Crippen molar-refractivity contribution in [1.82, 2.24) is 4.90 Å². The van der Waals surface area contributed by atoms with E-state index in [4.69, 9.17) is 0 Å². The maximum atomic E-state index is 2.87. The van der Waals surface area contributed by atoms with E-state index in [0.717, 1.165) is 59.3 Å². The fourth-order valence-electron chi connectivity index (χ4n) is 9.63. The smallest absolute Gasteiger partial charge is 0.0149 e. The number of halogens is 1. The van der Waals surface area contributed by atoms with Crippen molar-refractivity contribution in [1.29, 1.82) is 0 Å². The molecule has 0 heterocycles. The zero-order chi connectivity index (χ0) is 15.8. The SMILES string of the molecule is CN(CCC1C2CC3CC(C2)CC1C3)C1C2CC3CC(C2)CC1C3.Cl. The summed E-state index contributed by atoms with van der Waals surface area (Å²) in [5.74, 6) is 10.1. The summed E-state index contributed by atoms with van der Waals surface area (Å²) in [7, 11) is 2.50. The van der Waals surface area contributed by atoms with E-state index in [0.29, 0.717) is 0 Å². The Bertz CT molecular complexity index is 446. The second kappa shape index (κ2) is 6.40. The van der Waals surface area contributed by atoms with Crippen molar-refractivity contribution in [2.24, 2.45) is 53.3 Å². The third-order valence-corrected chi connectivity index (χ3v) is 9.92. The molecule has 8 aliphatic rings. The van der Waals surface area contributed by atoms with Gasteiger partial charge in [0.1, 0.15) is 0 Å². The van der Waals surface area contributed by atoms with Crippen molar-refractivity contribution in [3.63, 3.8) is 0 Å². The molecule has 1 nitrogen and oxygen atoms in total. The van der Waals surface area contributed by atoms with E-state index in [1.807, 2.05) is 0 Å². The van der Waals surface area contributed by atoms with Gasteiger partial charge < -0.3 is 4.90 Å². The molecule has 2 heteroatoms. The van der Waals surface area contributed by atoms with Crippen molar-refractivity contribution in [3.05, 3.63) is 0 Å². The Balaban J connectivity index is 0.00000140. The minimum atomic E-state index is 0. The van der Waals surface area contributed by atoms with Gasteiger partial charge in [-0.25, -0.2) is 0 Å². The van der Waals surface area contributed by atoms with Crippen molar-refractivity contribution in [2.75, 3.05) is 13.6 Å². The van der Waals surface area contributed by atoms with E-state index < -0.39 is 0 Å². The molecule has 0 atom stereocenters. The molecule has 0 aromatic carbocycles. The van der Waals surface area contributed by atoms with Crippen molar-refractivity contribution in [2.45, 2.75) is 76.7 Å². The van der Waals surface area contributed by atoms with Crippen LogP contribution in [-0.2, 0) is 0 Å². The molecular weight excluding hydrogens is 326 g/mol. The molecule has 0 spiro atoms. The van der Waals surface area contributed by atoms with Crippen LogP contribution in [0.5, 0.6) is 0 Å². The Morgan fingerprint density at radius 2 is 1.00 bits per heavy atom. The summed E-state index contributed by atoms with van der Waals surface area (Å²) in [5, 5.41) is 0. The van der Waals surface area contributed by atoms with Gasteiger partial charge >= 0.3 is 0 Å². The van der Waals surface area contributed by atoms with Crippen LogP contribution in [0.1, 0.15) is 70.6 Å². The van der Waals surface area contributed by atoms with E-state index in [1.54, 1.807) is 64.2 Å². The zero-order valence-corrected chi connectivity index (χ0v) is 16.9. The van der Waals surface area contributed by atoms with Crippen LogP contribution in [-0.4, -0.2) is 24.5 Å². The number of rotatable bonds is 4. The molecule has 0 radical (unpaired) electrons. The number of hydrogen-bond donors (Lipinski definition) is 0. The predicted molar refractivity (Wildman–Crippen MR) is 106 cm³/mol. The molecule has 8 aliphatic carbocycles. The molecule has 0 unspecified atom stereocenters. The van der Waals surface area contributed by atoms with Gasteiger partial charge in [-0.15, -0.1) is 12.4 Å². The van der Waals surface area contributed by atoms with E-state index in [-0.39, 0.29) is 12.4 Å². The van der Waals surface area contributed by atoms with Gasteiger partial charge in [-0.1, -0.05) is 0 Å². The second-order valence-electron chi connectivity index (χ2n) is 11.3. The molecular formula is C23H38ClN. The van der Waals surface area contributed by atoms with Crippen LogP contribution in [0.15, 0.2) is 0 Å². The topological polar surface area (TPSA) is 3.24 Å². The van der Waals surface area contributed by atoms with Gasteiger partial charge in [-0.3, -0.25) is 0 Å². The fourth-order valence-corrected chi connectivity index (χ4v) is 9.63. The molecule has 0 aromatic rings. The summed E-state index contributed by atoms with van der Waals surface area (Å²) in [6.07, 6.45) is 17.5. The highest BCUT2D eigenvalue weighted by atomic mass is 35.5. The Morgan fingerprint density at radius 1 is 0.600 bits per heavy atom. The maximum Gasteiger partial charge on any atom is 0.0149 e. The number of nitrogens with zero attached hydrogens (tertiary/aromatic N) is 1. The van der Waals surface area contributed by atoms with E-state index >= 15 is 0 Å². The third-order valence-electron chi connectivity index (χ3n) is 9.92. The largest absolute Gasteiger partial charge is 0.303 e. The van der Waals surface area contributed by atoms with Crippen LogP contribution < -0.4 is 0 Å².